The summed E-state index contributed by atoms with van der Waals surface area (Å²) in [7, 11) is 0. The number of nitrogens with one attached hydrogen (secondary N) is 1. The van der Waals surface area contributed by atoms with Crippen molar-refractivity contribution in [3.05, 3.63) is 52.6 Å². The lowest BCUT2D eigenvalue weighted by molar-refractivity contribution is 1.14. The first-order chi connectivity index (χ1) is 7.81. The van der Waals surface area contributed by atoms with Crippen LogP contribution >= 0.6 is 15.9 Å². The zero-order chi connectivity index (χ0) is 11.4. The molecule has 0 radical (unpaired) electrons. The molecule has 0 unspecified atom stereocenters. The fourth-order valence-electron chi connectivity index (χ4n) is 1.56. The predicted octanol–water partition coefficient (Wildman–Crippen LogP) is 4.15. The SMILES string of the molecule is CCc1ccccc1Nc1ncccc1Br. The van der Waals surface area contributed by atoms with Crippen LogP contribution in [0.15, 0.2) is 47.1 Å². The van der Waals surface area contributed by atoms with E-state index >= 15 is 0 Å². The number of rotatable bonds is 3. The van der Waals surface area contributed by atoms with Crippen molar-refractivity contribution in [1.29, 1.82) is 0 Å². The maximum absolute atomic E-state index is 4.29. The maximum Gasteiger partial charge on any atom is 0.144 e. The van der Waals surface area contributed by atoms with Crippen LogP contribution in [0, 0.1) is 0 Å². The molecule has 1 aromatic carbocycles. The molecule has 1 aromatic heterocycles. The molecule has 82 valence electrons. The fraction of sp³-hybridized carbons (Fsp3) is 0.154. The maximum atomic E-state index is 4.29. The predicted molar refractivity (Wildman–Crippen MR) is 71.0 cm³/mol. The Bertz CT molecular complexity index is 483. The summed E-state index contributed by atoms with van der Waals surface area (Å²) in [6.45, 7) is 2.15. The highest BCUT2D eigenvalue weighted by Crippen LogP contribution is 2.25. The van der Waals surface area contributed by atoms with E-state index in [1.165, 1.54) is 5.56 Å². The number of hydrogen-bond donors (Lipinski definition) is 1. The second kappa shape index (κ2) is 5.12. The molecular weight excluding hydrogens is 264 g/mol. The van der Waals surface area contributed by atoms with Gasteiger partial charge in [0.2, 0.25) is 0 Å². The Labute approximate surface area is 104 Å². The molecule has 0 atom stereocenters. The summed E-state index contributed by atoms with van der Waals surface area (Å²) in [5.74, 6) is 0.850. The summed E-state index contributed by atoms with van der Waals surface area (Å²) >= 11 is 3.48. The summed E-state index contributed by atoms with van der Waals surface area (Å²) < 4.78 is 0.973. The fourth-order valence-corrected chi connectivity index (χ4v) is 1.91. The third kappa shape index (κ3) is 2.42. The zero-order valence-electron chi connectivity index (χ0n) is 9.07. The normalized spacial score (nSPS) is 10.1. The lowest BCUT2D eigenvalue weighted by Crippen LogP contribution is -1.97. The number of anilines is 2. The van der Waals surface area contributed by atoms with E-state index < -0.39 is 0 Å². The van der Waals surface area contributed by atoms with Gasteiger partial charge in [0.25, 0.3) is 0 Å². The molecule has 2 aromatic rings. The summed E-state index contributed by atoms with van der Waals surface area (Å²) in [4.78, 5) is 4.29. The van der Waals surface area contributed by atoms with Gasteiger partial charge in [-0.2, -0.15) is 0 Å². The number of aryl methyl sites for hydroxylation is 1. The van der Waals surface area contributed by atoms with Crippen LogP contribution < -0.4 is 5.32 Å². The van der Waals surface area contributed by atoms with Gasteiger partial charge in [0.15, 0.2) is 0 Å². The molecule has 0 saturated carbocycles. The molecule has 16 heavy (non-hydrogen) atoms. The molecule has 1 N–H and O–H groups in total. The quantitative estimate of drug-likeness (QED) is 0.911. The first-order valence-electron chi connectivity index (χ1n) is 5.26. The van der Waals surface area contributed by atoms with Gasteiger partial charge >= 0.3 is 0 Å². The van der Waals surface area contributed by atoms with E-state index in [2.05, 4.69) is 51.4 Å². The van der Waals surface area contributed by atoms with Crippen molar-refractivity contribution in [3.8, 4) is 0 Å². The Morgan fingerprint density at radius 3 is 2.75 bits per heavy atom. The molecule has 2 nitrogen and oxygen atoms in total. The van der Waals surface area contributed by atoms with Crippen molar-refractivity contribution in [2.45, 2.75) is 13.3 Å². The summed E-state index contributed by atoms with van der Waals surface area (Å²) in [5.41, 5.74) is 2.41. The number of hydrogen-bond acceptors (Lipinski definition) is 2. The Morgan fingerprint density at radius 2 is 2.00 bits per heavy atom. The number of halogens is 1. The van der Waals surface area contributed by atoms with Gasteiger partial charge in [0, 0.05) is 11.9 Å². The smallest absolute Gasteiger partial charge is 0.144 e. The van der Waals surface area contributed by atoms with E-state index in [1.807, 2.05) is 18.2 Å². The summed E-state index contributed by atoms with van der Waals surface area (Å²) in [5, 5.41) is 3.33. The van der Waals surface area contributed by atoms with Gasteiger partial charge in [-0.15, -0.1) is 0 Å². The first-order valence-corrected chi connectivity index (χ1v) is 6.06. The number of pyridine rings is 1. The highest BCUT2D eigenvalue weighted by molar-refractivity contribution is 9.10. The van der Waals surface area contributed by atoms with Crippen LogP contribution in [0.1, 0.15) is 12.5 Å². The molecule has 0 bridgehead atoms. The number of nitrogens with zero attached hydrogens (tertiary/aromatic N) is 1. The van der Waals surface area contributed by atoms with Crippen LogP contribution in [0.5, 0.6) is 0 Å². The van der Waals surface area contributed by atoms with Crippen molar-refractivity contribution in [2.24, 2.45) is 0 Å². The first kappa shape index (κ1) is 11.1. The molecule has 0 aliphatic carbocycles. The van der Waals surface area contributed by atoms with Gasteiger partial charge in [-0.3, -0.25) is 0 Å². The second-order valence-electron chi connectivity index (χ2n) is 3.47. The standard InChI is InChI=1S/C13H13BrN2/c1-2-10-6-3-4-8-12(10)16-13-11(14)7-5-9-15-13/h3-9H,2H2,1H3,(H,15,16). The van der Waals surface area contributed by atoms with E-state index in [-0.39, 0.29) is 0 Å². The van der Waals surface area contributed by atoms with E-state index in [9.17, 15) is 0 Å². The Morgan fingerprint density at radius 1 is 1.19 bits per heavy atom. The average molecular weight is 277 g/mol. The molecule has 0 amide bonds. The molecule has 0 aliphatic heterocycles. The van der Waals surface area contributed by atoms with Crippen molar-refractivity contribution >= 4 is 27.4 Å². The largest absolute Gasteiger partial charge is 0.339 e. The molecule has 3 heteroatoms. The number of benzene rings is 1. The topological polar surface area (TPSA) is 24.9 Å². The van der Waals surface area contributed by atoms with Crippen LogP contribution in [0.3, 0.4) is 0 Å². The second-order valence-corrected chi connectivity index (χ2v) is 4.32. The van der Waals surface area contributed by atoms with Crippen LogP contribution in [-0.2, 0) is 6.42 Å². The van der Waals surface area contributed by atoms with Gasteiger partial charge in [-0.25, -0.2) is 4.98 Å². The van der Waals surface area contributed by atoms with Crippen molar-refractivity contribution in [2.75, 3.05) is 5.32 Å². The Hall–Kier alpha value is -1.35. The van der Waals surface area contributed by atoms with E-state index in [1.54, 1.807) is 6.20 Å². The molecule has 0 saturated heterocycles. The van der Waals surface area contributed by atoms with Gasteiger partial charge in [-0.1, -0.05) is 25.1 Å². The van der Waals surface area contributed by atoms with Gasteiger partial charge < -0.3 is 5.32 Å². The van der Waals surface area contributed by atoms with Crippen LogP contribution in [0.25, 0.3) is 0 Å². The Kier molecular flexibility index (Phi) is 3.57. The third-order valence-electron chi connectivity index (χ3n) is 2.41. The van der Waals surface area contributed by atoms with Crippen LogP contribution in [0.2, 0.25) is 0 Å². The minimum Gasteiger partial charge on any atom is -0.339 e. The average Bonchev–Trinajstić information content (AvgIpc) is 2.33. The van der Waals surface area contributed by atoms with Gasteiger partial charge in [-0.05, 0) is 46.1 Å². The summed E-state index contributed by atoms with van der Waals surface area (Å²) in [6, 6.07) is 12.2. The molecule has 2 rings (SSSR count). The Balaban J connectivity index is 2.30. The van der Waals surface area contributed by atoms with Crippen LogP contribution in [0.4, 0.5) is 11.5 Å². The highest BCUT2D eigenvalue weighted by Gasteiger charge is 2.03. The minimum absolute atomic E-state index is 0.850. The lowest BCUT2D eigenvalue weighted by atomic mass is 10.1. The monoisotopic (exact) mass is 276 g/mol. The van der Waals surface area contributed by atoms with E-state index in [0.717, 1.165) is 22.4 Å². The van der Waals surface area contributed by atoms with E-state index in [4.69, 9.17) is 0 Å². The molecular formula is C13H13BrN2. The molecule has 0 spiro atoms. The molecule has 0 fully saturated rings. The van der Waals surface area contributed by atoms with Gasteiger partial charge in [0.05, 0.1) is 4.47 Å². The zero-order valence-corrected chi connectivity index (χ0v) is 10.7. The van der Waals surface area contributed by atoms with E-state index in [0.29, 0.717) is 0 Å². The van der Waals surface area contributed by atoms with Crippen molar-refractivity contribution in [1.82, 2.24) is 4.98 Å². The molecule has 0 aliphatic rings. The molecule has 1 heterocycles. The van der Waals surface area contributed by atoms with Gasteiger partial charge in [0.1, 0.15) is 5.82 Å². The van der Waals surface area contributed by atoms with Crippen molar-refractivity contribution in [3.63, 3.8) is 0 Å². The van der Waals surface area contributed by atoms with Crippen molar-refractivity contribution < 1.29 is 0 Å². The highest BCUT2D eigenvalue weighted by atomic mass is 79.9. The number of aromatic nitrogens is 1. The summed E-state index contributed by atoms with van der Waals surface area (Å²) in [6.07, 6.45) is 2.79. The lowest BCUT2D eigenvalue weighted by Gasteiger charge is -2.10. The minimum atomic E-state index is 0.850. The number of para-hydroxylation sites is 1. The third-order valence-corrected chi connectivity index (χ3v) is 3.05. The van der Waals surface area contributed by atoms with Crippen LogP contribution in [-0.4, -0.2) is 4.98 Å².